The van der Waals surface area contributed by atoms with Crippen molar-refractivity contribution in [1.29, 1.82) is 0 Å². The van der Waals surface area contributed by atoms with Gasteiger partial charge in [0.05, 0.1) is 12.0 Å². The Bertz CT molecular complexity index is 703. The fourth-order valence-electron chi connectivity index (χ4n) is 4.11. The average Bonchev–Trinajstić information content (AvgIpc) is 3.15. The van der Waals surface area contributed by atoms with Gasteiger partial charge >= 0.3 is 12.0 Å². The zero-order chi connectivity index (χ0) is 20.1. The number of carbonyl (C=O) groups excluding carboxylic acids is 2. The lowest BCUT2D eigenvalue weighted by Crippen LogP contribution is -2.50. The molecule has 6 heteroatoms. The smallest absolute Gasteiger partial charge is 0.329 e. The molecule has 1 aliphatic heterocycles. The largest absolute Gasteiger partial charge is 0.464 e. The summed E-state index contributed by atoms with van der Waals surface area (Å²) in [6, 6.07) is 5.21. The quantitative estimate of drug-likeness (QED) is 0.693. The molecule has 0 bridgehead atoms. The summed E-state index contributed by atoms with van der Waals surface area (Å²) in [5, 5.41) is 3.11. The van der Waals surface area contributed by atoms with Crippen molar-refractivity contribution in [3.63, 3.8) is 0 Å². The highest BCUT2D eigenvalue weighted by Gasteiger charge is 2.45. The number of rotatable bonds is 5. The lowest BCUT2D eigenvalue weighted by atomic mass is 9.88. The maximum atomic E-state index is 13.3. The minimum absolute atomic E-state index is 0.0459. The summed E-state index contributed by atoms with van der Waals surface area (Å²) < 4.78 is 5.41. The number of aryl methyl sites for hydroxylation is 1. The molecule has 0 spiro atoms. The van der Waals surface area contributed by atoms with Crippen LogP contribution in [0, 0.1) is 19.8 Å². The molecule has 2 fully saturated rings. The summed E-state index contributed by atoms with van der Waals surface area (Å²) >= 11 is 1.74. The topological polar surface area (TPSA) is 58.6 Å². The van der Waals surface area contributed by atoms with E-state index >= 15 is 0 Å². The van der Waals surface area contributed by atoms with Gasteiger partial charge in [0, 0.05) is 11.4 Å². The molecule has 0 unspecified atom stereocenters. The Morgan fingerprint density at radius 2 is 1.96 bits per heavy atom. The van der Waals surface area contributed by atoms with Crippen molar-refractivity contribution in [3.8, 4) is 0 Å². The van der Waals surface area contributed by atoms with Crippen LogP contribution in [0.3, 0.4) is 0 Å². The van der Waals surface area contributed by atoms with Gasteiger partial charge in [0.1, 0.15) is 6.04 Å². The lowest BCUT2D eigenvalue weighted by Gasteiger charge is -2.35. The van der Waals surface area contributed by atoms with E-state index in [-0.39, 0.29) is 17.4 Å². The molecule has 1 N–H and O–H groups in total. The van der Waals surface area contributed by atoms with E-state index in [0.29, 0.717) is 18.3 Å². The second-order valence-electron chi connectivity index (χ2n) is 7.89. The first-order chi connectivity index (χ1) is 13.5. The number of carbonyl (C=O) groups is 2. The van der Waals surface area contributed by atoms with Crippen LogP contribution in [-0.2, 0) is 9.53 Å². The molecule has 1 saturated heterocycles. The molecule has 1 saturated carbocycles. The Morgan fingerprint density at radius 3 is 2.68 bits per heavy atom. The molecule has 2 aliphatic rings. The SMILES string of the molecule is CCCOC(=O)[C@H]1CS[C@H](C2CCCCC2)N1C(=O)Nc1cccc(C)c1C. The minimum atomic E-state index is -0.506. The van der Waals surface area contributed by atoms with Crippen LogP contribution in [0.2, 0.25) is 0 Å². The fraction of sp³-hybridized carbons (Fsp3) is 0.636. The molecule has 28 heavy (non-hydrogen) atoms. The van der Waals surface area contributed by atoms with Gasteiger partial charge in [-0.2, -0.15) is 0 Å². The predicted octanol–water partition coefficient (Wildman–Crippen LogP) is 5.11. The van der Waals surface area contributed by atoms with Crippen molar-refractivity contribution in [2.75, 3.05) is 17.7 Å². The lowest BCUT2D eigenvalue weighted by molar-refractivity contribution is -0.148. The number of ether oxygens (including phenoxy) is 1. The summed E-state index contributed by atoms with van der Waals surface area (Å²) in [5.41, 5.74) is 3.00. The van der Waals surface area contributed by atoms with Gasteiger partial charge in [-0.3, -0.25) is 4.90 Å². The van der Waals surface area contributed by atoms with E-state index in [1.165, 1.54) is 19.3 Å². The van der Waals surface area contributed by atoms with E-state index in [4.69, 9.17) is 4.74 Å². The molecule has 1 heterocycles. The van der Waals surface area contributed by atoms with E-state index < -0.39 is 6.04 Å². The van der Waals surface area contributed by atoms with E-state index in [1.54, 1.807) is 16.7 Å². The van der Waals surface area contributed by atoms with Crippen LogP contribution in [0.15, 0.2) is 18.2 Å². The molecule has 0 aromatic heterocycles. The van der Waals surface area contributed by atoms with Gasteiger partial charge in [0.15, 0.2) is 0 Å². The molecule has 3 rings (SSSR count). The summed E-state index contributed by atoms with van der Waals surface area (Å²) in [6.07, 6.45) is 6.72. The van der Waals surface area contributed by atoms with Crippen LogP contribution in [0.25, 0.3) is 0 Å². The van der Waals surface area contributed by atoms with Crippen molar-refractivity contribution in [1.82, 2.24) is 4.90 Å². The van der Waals surface area contributed by atoms with E-state index in [2.05, 4.69) is 5.32 Å². The van der Waals surface area contributed by atoms with Gasteiger partial charge in [0.2, 0.25) is 0 Å². The number of hydrogen-bond donors (Lipinski definition) is 1. The van der Waals surface area contributed by atoms with Crippen molar-refractivity contribution >= 4 is 29.4 Å². The number of thioether (sulfide) groups is 1. The molecule has 1 aromatic rings. The number of amides is 2. The van der Waals surface area contributed by atoms with Crippen LogP contribution < -0.4 is 5.32 Å². The molecule has 1 aliphatic carbocycles. The number of benzene rings is 1. The highest BCUT2D eigenvalue weighted by atomic mass is 32.2. The van der Waals surface area contributed by atoms with Crippen LogP contribution in [-0.4, -0.2) is 40.7 Å². The maximum absolute atomic E-state index is 13.3. The van der Waals surface area contributed by atoms with E-state index in [0.717, 1.165) is 36.1 Å². The molecule has 1 aromatic carbocycles. The molecule has 154 valence electrons. The van der Waals surface area contributed by atoms with Gasteiger partial charge in [-0.1, -0.05) is 38.3 Å². The first kappa shape index (κ1) is 21.0. The Kier molecular flexibility index (Phi) is 7.27. The third-order valence-corrected chi connectivity index (χ3v) is 7.35. The van der Waals surface area contributed by atoms with Crippen molar-refractivity contribution in [2.45, 2.75) is 70.7 Å². The second-order valence-corrected chi connectivity index (χ2v) is 9.04. The Balaban J connectivity index is 1.81. The van der Waals surface area contributed by atoms with Crippen LogP contribution in [0.4, 0.5) is 10.5 Å². The Labute approximate surface area is 172 Å². The molecular weight excluding hydrogens is 372 g/mol. The highest BCUT2D eigenvalue weighted by molar-refractivity contribution is 8.00. The fourth-order valence-corrected chi connectivity index (χ4v) is 5.74. The number of hydrogen-bond acceptors (Lipinski definition) is 4. The number of anilines is 1. The summed E-state index contributed by atoms with van der Waals surface area (Å²) in [4.78, 5) is 27.8. The zero-order valence-electron chi connectivity index (χ0n) is 17.2. The van der Waals surface area contributed by atoms with E-state index in [1.807, 2.05) is 39.0 Å². The first-order valence-electron chi connectivity index (χ1n) is 10.5. The second kappa shape index (κ2) is 9.68. The molecule has 2 amide bonds. The highest BCUT2D eigenvalue weighted by Crippen LogP contribution is 2.41. The molecule has 2 atom stereocenters. The van der Waals surface area contributed by atoms with Gasteiger partial charge in [-0.25, -0.2) is 9.59 Å². The van der Waals surface area contributed by atoms with Gasteiger partial charge in [-0.05, 0) is 56.2 Å². The standard InChI is InChI=1S/C22H32N2O3S/c1-4-13-27-21(25)19-14-28-20(17-10-6-5-7-11-17)24(19)22(26)23-18-12-8-9-15(2)16(18)3/h8-9,12,17,19-20H,4-7,10-11,13-14H2,1-3H3,(H,23,26)/t19-,20-/m1/s1. The minimum Gasteiger partial charge on any atom is -0.464 e. The van der Waals surface area contributed by atoms with Crippen LogP contribution in [0.5, 0.6) is 0 Å². The normalized spacial score (nSPS) is 22.9. The molecule has 0 radical (unpaired) electrons. The van der Waals surface area contributed by atoms with Crippen molar-refractivity contribution in [3.05, 3.63) is 29.3 Å². The van der Waals surface area contributed by atoms with Crippen LogP contribution in [0.1, 0.15) is 56.6 Å². The third-order valence-electron chi connectivity index (χ3n) is 5.89. The first-order valence-corrected chi connectivity index (χ1v) is 11.5. The summed E-state index contributed by atoms with van der Waals surface area (Å²) in [6.45, 7) is 6.43. The Hall–Kier alpha value is -1.69. The number of nitrogens with zero attached hydrogens (tertiary/aromatic N) is 1. The third kappa shape index (κ3) is 4.65. The van der Waals surface area contributed by atoms with Crippen LogP contribution >= 0.6 is 11.8 Å². The van der Waals surface area contributed by atoms with E-state index in [9.17, 15) is 9.59 Å². The summed E-state index contributed by atoms with van der Waals surface area (Å²) in [5.74, 6) is 0.792. The molecule has 5 nitrogen and oxygen atoms in total. The van der Waals surface area contributed by atoms with Crippen molar-refractivity contribution in [2.24, 2.45) is 5.92 Å². The monoisotopic (exact) mass is 404 g/mol. The average molecular weight is 405 g/mol. The molecular formula is C22H32N2O3S. The zero-order valence-corrected chi connectivity index (χ0v) is 18.0. The predicted molar refractivity (Wildman–Crippen MR) is 115 cm³/mol. The number of nitrogens with one attached hydrogen (secondary N) is 1. The maximum Gasteiger partial charge on any atom is 0.329 e. The van der Waals surface area contributed by atoms with Crippen molar-refractivity contribution < 1.29 is 14.3 Å². The Morgan fingerprint density at radius 1 is 1.21 bits per heavy atom. The number of urea groups is 1. The summed E-state index contributed by atoms with van der Waals surface area (Å²) in [7, 11) is 0. The van der Waals surface area contributed by atoms with Gasteiger partial charge < -0.3 is 10.1 Å². The van der Waals surface area contributed by atoms with Gasteiger partial charge in [0.25, 0.3) is 0 Å². The number of esters is 1. The van der Waals surface area contributed by atoms with Gasteiger partial charge in [-0.15, -0.1) is 11.8 Å².